The summed E-state index contributed by atoms with van der Waals surface area (Å²) >= 11 is 11.6. The van der Waals surface area contributed by atoms with Crippen molar-refractivity contribution < 1.29 is 21.6 Å². The normalized spacial score (nSPS) is 21.0. The van der Waals surface area contributed by atoms with Gasteiger partial charge in [0, 0.05) is 13.1 Å². The van der Waals surface area contributed by atoms with Gasteiger partial charge in [0.15, 0.2) is 9.84 Å². The van der Waals surface area contributed by atoms with Gasteiger partial charge in [-0.15, -0.1) is 0 Å². The summed E-state index contributed by atoms with van der Waals surface area (Å²) in [6.07, 6.45) is 0.344. The van der Waals surface area contributed by atoms with Gasteiger partial charge in [-0.25, -0.2) is 16.8 Å². The lowest BCUT2D eigenvalue weighted by Gasteiger charge is -2.26. The highest BCUT2D eigenvalue weighted by atomic mass is 35.5. The Bertz CT molecular complexity index is 886. The predicted octanol–water partition coefficient (Wildman–Crippen LogP) is 1.31. The summed E-state index contributed by atoms with van der Waals surface area (Å²) in [6.45, 7) is 1.40. The van der Waals surface area contributed by atoms with Crippen LogP contribution in [0.25, 0.3) is 0 Å². The summed E-state index contributed by atoms with van der Waals surface area (Å²) in [5.74, 6) is -0.592. The Morgan fingerprint density at radius 3 is 2.48 bits per heavy atom. The Labute approximate surface area is 157 Å². The minimum Gasteiger partial charge on any atom is -0.340 e. The number of carbonyl (C=O) groups is 1. The molecule has 140 valence electrons. The Morgan fingerprint density at radius 1 is 1.32 bits per heavy atom. The van der Waals surface area contributed by atoms with Crippen LogP contribution in [-0.4, -0.2) is 58.3 Å². The third kappa shape index (κ3) is 4.85. The maximum absolute atomic E-state index is 12.4. The molecule has 11 heteroatoms. The molecule has 0 aromatic heterocycles. The summed E-state index contributed by atoms with van der Waals surface area (Å²) in [6, 6.07) is 2.31. The summed E-state index contributed by atoms with van der Waals surface area (Å²) in [4.78, 5) is 13.6. The number of carbonyl (C=O) groups excluding carboxylic acids is 1. The lowest BCUT2D eigenvalue weighted by molar-refractivity contribution is -0.132. The number of amides is 1. The molecule has 0 radical (unpaired) electrons. The third-order valence-corrected chi connectivity index (χ3v) is 8.04. The molecule has 1 aliphatic heterocycles. The van der Waals surface area contributed by atoms with Crippen molar-refractivity contribution in [1.29, 1.82) is 0 Å². The molecular weight excluding hydrogens is 411 g/mol. The van der Waals surface area contributed by atoms with Crippen molar-refractivity contribution in [2.24, 2.45) is 0 Å². The Morgan fingerprint density at radius 2 is 1.96 bits per heavy atom. The number of halogens is 2. The molecule has 25 heavy (non-hydrogen) atoms. The summed E-state index contributed by atoms with van der Waals surface area (Å²) < 4.78 is 50.1. The minimum absolute atomic E-state index is 0.0265. The van der Waals surface area contributed by atoms with Gasteiger partial charge < -0.3 is 4.90 Å². The standard InChI is InChI=1S/C14H18Cl2N2O5S2/c1-9(14(19)18(2)10-5-6-24(20,21)8-10)17-25(22,23)11-3-4-12(15)13(16)7-11/h3-4,7,9-10,17H,5-6,8H2,1-2H3/t9-,10+/m1/s1. The van der Waals surface area contributed by atoms with Crippen molar-refractivity contribution in [2.45, 2.75) is 30.3 Å². The molecule has 1 aromatic rings. The first-order chi connectivity index (χ1) is 11.4. The van der Waals surface area contributed by atoms with Gasteiger partial charge in [-0.2, -0.15) is 4.72 Å². The second-order valence-corrected chi connectivity index (χ2v) is 10.7. The van der Waals surface area contributed by atoms with Crippen LogP contribution in [0.2, 0.25) is 10.0 Å². The van der Waals surface area contributed by atoms with Crippen LogP contribution < -0.4 is 4.72 Å². The van der Waals surface area contributed by atoms with Crippen LogP contribution in [0.5, 0.6) is 0 Å². The molecule has 1 aromatic carbocycles. The van der Waals surface area contributed by atoms with E-state index in [-0.39, 0.29) is 26.4 Å². The molecule has 0 spiro atoms. The van der Waals surface area contributed by atoms with Crippen LogP contribution in [0, 0.1) is 0 Å². The summed E-state index contributed by atoms with van der Waals surface area (Å²) in [5, 5.41) is 0.295. The molecule has 0 aliphatic carbocycles. The monoisotopic (exact) mass is 428 g/mol. The first-order valence-corrected chi connectivity index (χ1v) is 11.4. The average Bonchev–Trinajstić information content (AvgIpc) is 2.88. The van der Waals surface area contributed by atoms with Crippen molar-refractivity contribution >= 4 is 49.0 Å². The first kappa shape index (κ1) is 20.4. The van der Waals surface area contributed by atoms with E-state index >= 15 is 0 Å². The fourth-order valence-electron chi connectivity index (χ4n) is 2.56. The zero-order chi connectivity index (χ0) is 19.0. The van der Waals surface area contributed by atoms with E-state index in [0.717, 1.165) is 0 Å². The van der Waals surface area contributed by atoms with Crippen molar-refractivity contribution in [1.82, 2.24) is 9.62 Å². The second-order valence-electron chi connectivity index (χ2n) is 5.92. The van der Waals surface area contributed by atoms with Crippen LogP contribution in [0.1, 0.15) is 13.3 Å². The lowest BCUT2D eigenvalue weighted by Crippen LogP contribution is -2.49. The fraction of sp³-hybridized carbons (Fsp3) is 0.500. The molecule has 0 saturated carbocycles. The molecule has 1 fully saturated rings. The molecule has 1 heterocycles. The van der Waals surface area contributed by atoms with Crippen molar-refractivity contribution in [3.63, 3.8) is 0 Å². The van der Waals surface area contributed by atoms with E-state index in [2.05, 4.69) is 4.72 Å². The van der Waals surface area contributed by atoms with Gasteiger partial charge in [0.1, 0.15) is 0 Å². The molecule has 0 unspecified atom stereocenters. The number of hydrogen-bond acceptors (Lipinski definition) is 5. The summed E-state index contributed by atoms with van der Waals surface area (Å²) in [7, 11) is -5.66. The SMILES string of the molecule is C[C@@H](NS(=O)(=O)c1ccc(Cl)c(Cl)c1)C(=O)N(C)[C@H]1CCS(=O)(=O)C1. The topological polar surface area (TPSA) is 101 Å². The van der Waals surface area contributed by atoms with Crippen LogP contribution in [0.4, 0.5) is 0 Å². The van der Waals surface area contributed by atoms with Gasteiger partial charge in [-0.3, -0.25) is 4.79 Å². The van der Waals surface area contributed by atoms with E-state index in [0.29, 0.717) is 6.42 Å². The van der Waals surface area contributed by atoms with E-state index < -0.39 is 37.9 Å². The molecule has 0 bridgehead atoms. The molecule has 2 atom stereocenters. The van der Waals surface area contributed by atoms with Gasteiger partial charge in [-0.05, 0) is 31.5 Å². The molecule has 1 amide bonds. The van der Waals surface area contributed by atoms with Crippen molar-refractivity contribution in [3.8, 4) is 0 Å². The van der Waals surface area contributed by atoms with Gasteiger partial charge in [0.2, 0.25) is 15.9 Å². The smallest absolute Gasteiger partial charge is 0.241 e. The average molecular weight is 429 g/mol. The van der Waals surface area contributed by atoms with Crippen LogP contribution >= 0.6 is 23.2 Å². The Hall–Kier alpha value is -0.870. The summed E-state index contributed by atoms with van der Waals surface area (Å²) in [5.41, 5.74) is 0. The third-order valence-electron chi connectivity index (χ3n) is 4.01. The molecular formula is C14H18Cl2N2O5S2. The Balaban J connectivity index is 2.10. The van der Waals surface area contributed by atoms with Crippen LogP contribution in [0.3, 0.4) is 0 Å². The van der Waals surface area contributed by atoms with Crippen LogP contribution in [-0.2, 0) is 24.7 Å². The van der Waals surface area contributed by atoms with Crippen molar-refractivity contribution in [3.05, 3.63) is 28.2 Å². The number of hydrogen-bond donors (Lipinski definition) is 1. The largest absolute Gasteiger partial charge is 0.340 e. The quantitative estimate of drug-likeness (QED) is 0.761. The second kappa shape index (κ2) is 7.40. The number of nitrogens with one attached hydrogen (secondary N) is 1. The van der Waals surface area contributed by atoms with E-state index in [1.54, 1.807) is 0 Å². The van der Waals surface area contributed by atoms with E-state index in [4.69, 9.17) is 23.2 Å². The maximum Gasteiger partial charge on any atom is 0.241 e. The predicted molar refractivity (Wildman–Crippen MR) is 96.1 cm³/mol. The zero-order valence-electron chi connectivity index (χ0n) is 13.6. The molecule has 1 saturated heterocycles. The number of benzene rings is 1. The van der Waals surface area contributed by atoms with Gasteiger partial charge >= 0.3 is 0 Å². The van der Waals surface area contributed by atoms with E-state index in [1.807, 2.05) is 0 Å². The highest BCUT2D eigenvalue weighted by Crippen LogP contribution is 2.25. The van der Waals surface area contributed by atoms with Crippen molar-refractivity contribution in [2.75, 3.05) is 18.6 Å². The molecule has 7 nitrogen and oxygen atoms in total. The number of sulfone groups is 1. The zero-order valence-corrected chi connectivity index (χ0v) is 16.7. The molecule has 2 rings (SSSR count). The fourth-order valence-corrected chi connectivity index (χ4v) is 5.92. The lowest BCUT2D eigenvalue weighted by atomic mass is 10.2. The van der Waals surface area contributed by atoms with Gasteiger partial charge in [0.25, 0.3) is 0 Å². The van der Waals surface area contributed by atoms with E-state index in [9.17, 15) is 21.6 Å². The number of likely N-dealkylation sites (N-methyl/N-ethyl adjacent to an activating group) is 1. The number of sulfonamides is 1. The number of rotatable bonds is 5. The highest BCUT2D eigenvalue weighted by Gasteiger charge is 2.35. The van der Waals surface area contributed by atoms with Gasteiger partial charge in [0.05, 0.1) is 32.5 Å². The number of nitrogens with zero attached hydrogens (tertiary/aromatic N) is 1. The highest BCUT2D eigenvalue weighted by molar-refractivity contribution is 7.91. The Kier molecular flexibility index (Phi) is 6.05. The van der Waals surface area contributed by atoms with Gasteiger partial charge in [-0.1, -0.05) is 23.2 Å². The molecule has 1 aliphatic rings. The maximum atomic E-state index is 12.4. The van der Waals surface area contributed by atoms with E-state index in [1.165, 1.54) is 37.1 Å². The minimum atomic E-state index is -3.98. The first-order valence-electron chi connectivity index (χ1n) is 7.37. The van der Waals surface area contributed by atoms with Crippen LogP contribution in [0.15, 0.2) is 23.1 Å². The molecule has 1 N–H and O–H groups in total.